The van der Waals surface area contributed by atoms with Gasteiger partial charge in [0.05, 0.1) is 19.0 Å². The molecular weight excluding hydrogens is 154 g/mol. The molecule has 0 aliphatic carbocycles. The number of amides is 1. The van der Waals surface area contributed by atoms with E-state index in [2.05, 4.69) is 6.07 Å². The van der Waals surface area contributed by atoms with Crippen molar-refractivity contribution in [1.29, 1.82) is 5.26 Å². The largest absolute Gasteiger partial charge is 0.369 e. The number of piperidine rings is 1. The van der Waals surface area contributed by atoms with Crippen molar-refractivity contribution >= 4 is 5.91 Å². The number of hydrogen-bond acceptors (Lipinski definition) is 2. The minimum absolute atomic E-state index is 0.0119. The first-order valence-corrected chi connectivity index (χ1v) is 4.24. The highest BCUT2D eigenvalue weighted by atomic mass is 16.1. The molecule has 0 spiro atoms. The molecule has 4 heteroatoms. The summed E-state index contributed by atoms with van der Waals surface area (Å²) in [5, 5.41) is 8.46. The van der Waals surface area contributed by atoms with E-state index in [4.69, 9.17) is 11.0 Å². The molecule has 1 heterocycles. The smallest absolute Gasteiger partial charge is 0.226 e. The topological polar surface area (TPSA) is 71.3 Å². The van der Waals surface area contributed by atoms with Gasteiger partial charge in [-0.3, -0.25) is 4.79 Å². The monoisotopic (exact) mass is 168 g/mol. The van der Waals surface area contributed by atoms with Crippen molar-refractivity contribution in [3.8, 4) is 6.07 Å². The van der Waals surface area contributed by atoms with Gasteiger partial charge in [0.25, 0.3) is 0 Å². The van der Waals surface area contributed by atoms with Crippen LogP contribution < -0.4 is 10.6 Å². The van der Waals surface area contributed by atoms with Crippen LogP contribution in [0.3, 0.4) is 0 Å². The van der Waals surface area contributed by atoms with E-state index < -0.39 is 0 Å². The third-order valence-corrected chi connectivity index (χ3v) is 2.35. The summed E-state index contributed by atoms with van der Waals surface area (Å²) in [6, 6.07) is 2.11. The Kier molecular flexibility index (Phi) is 3.06. The third kappa shape index (κ3) is 2.21. The van der Waals surface area contributed by atoms with Crippen molar-refractivity contribution in [1.82, 2.24) is 0 Å². The number of likely N-dealkylation sites (tertiary alicyclic amines) is 1. The van der Waals surface area contributed by atoms with Crippen molar-refractivity contribution in [2.45, 2.75) is 12.8 Å². The van der Waals surface area contributed by atoms with E-state index in [0.717, 1.165) is 25.9 Å². The molecule has 66 valence electrons. The molecule has 0 aromatic heterocycles. The van der Waals surface area contributed by atoms with Crippen LogP contribution in [0, 0.1) is 17.2 Å². The molecule has 12 heavy (non-hydrogen) atoms. The number of hydrogen-bond donors (Lipinski definition) is 2. The number of rotatable bonds is 2. The third-order valence-electron chi connectivity index (χ3n) is 2.35. The van der Waals surface area contributed by atoms with Gasteiger partial charge in [0, 0.05) is 0 Å². The zero-order valence-corrected chi connectivity index (χ0v) is 7.05. The van der Waals surface area contributed by atoms with Crippen LogP contribution in [0.15, 0.2) is 0 Å². The van der Waals surface area contributed by atoms with Gasteiger partial charge in [0.2, 0.25) is 5.91 Å². The quantitative estimate of drug-likeness (QED) is 0.482. The predicted molar refractivity (Wildman–Crippen MR) is 43.1 cm³/mol. The molecule has 0 saturated carbocycles. The van der Waals surface area contributed by atoms with Crippen LogP contribution in [0.1, 0.15) is 12.8 Å². The molecule has 3 N–H and O–H groups in total. The SMILES string of the molecule is N#CC[NH+]1CCCC(C(N)=O)C1. The average molecular weight is 168 g/mol. The second-order valence-electron chi connectivity index (χ2n) is 3.28. The number of nitrogens with one attached hydrogen (secondary N) is 1. The molecular formula is C8H14N3O+. The van der Waals surface area contributed by atoms with Crippen LogP contribution in [0.25, 0.3) is 0 Å². The number of quaternary nitrogens is 1. The van der Waals surface area contributed by atoms with Gasteiger partial charge in [-0.15, -0.1) is 0 Å². The minimum atomic E-state index is -0.217. The lowest BCUT2D eigenvalue weighted by atomic mass is 9.98. The van der Waals surface area contributed by atoms with E-state index >= 15 is 0 Å². The predicted octanol–water partition coefficient (Wildman–Crippen LogP) is -1.71. The lowest BCUT2D eigenvalue weighted by Gasteiger charge is -2.25. The van der Waals surface area contributed by atoms with E-state index in [9.17, 15) is 4.79 Å². The Balaban J connectivity index is 2.41. The maximum atomic E-state index is 10.8. The number of nitrogens with zero attached hydrogens (tertiary/aromatic N) is 1. The van der Waals surface area contributed by atoms with Crippen LogP contribution in [-0.2, 0) is 4.79 Å². The molecule has 1 fully saturated rings. The van der Waals surface area contributed by atoms with Crippen molar-refractivity contribution < 1.29 is 9.69 Å². The Hall–Kier alpha value is -1.08. The van der Waals surface area contributed by atoms with Gasteiger partial charge >= 0.3 is 0 Å². The van der Waals surface area contributed by atoms with Crippen molar-refractivity contribution in [3.63, 3.8) is 0 Å². The fraction of sp³-hybridized carbons (Fsp3) is 0.750. The van der Waals surface area contributed by atoms with Crippen molar-refractivity contribution in [2.24, 2.45) is 11.7 Å². The first-order valence-electron chi connectivity index (χ1n) is 4.24. The van der Waals surface area contributed by atoms with Gasteiger partial charge in [-0.05, 0) is 12.8 Å². The molecule has 0 aromatic carbocycles. The lowest BCUT2D eigenvalue weighted by Crippen LogP contribution is -3.13. The summed E-state index contributed by atoms with van der Waals surface area (Å²) in [5.74, 6) is -0.229. The maximum Gasteiger partial charge on any atom is 0.226 e. The summed E-state index contributed by atoms with van der Waals surface area (Å²) < 4.78 is 0. The summed E-state index contributed by atoms with van der Waals surface area (Å²) >= 11 is 0. The van der Waals surface area contributed by atoms with Gasteiger partial charge in [-0.25, -0.2) is 0 Å². The van der Waals surface area contributed by atoms with Gasteiger partial charge in [-0.2, -0.15) is 5.26 Å². The molecule has 1 rings (SSSR count). The lowest BCUT2D eigenvalue weighted by molar-refractivity contribution is -0.900. The van der Waals surface area contributed by atoms with Crippen molar-refractivity contribution in [3.05, 3.63) is 0 Å². The minimum Gasteiger partial charge on any atom is -0.369 e. The highest BCUT2D eigenvalue weighted by Crippen LogP contribution is 2.05. The average Bonchev–Trinajstić information content (AvgIpc) is 2.05. The molecule has 0 aromatic rings. The molecule has 0 bridgehead atoms. The van der Waals surface area contributed by atoms with Crippen molar-refractivity contribution in [2.75, 3.05) is 19.6 Å². The Morgan fingerprint density at radius 1 is 1.75 bits per heavy atom. The molecule has 1 aliphatic rings. The first kappa shape index (κ1) is 9.01. The number of primary amides is 1. The van der Waals surface area contributed by atoms with E-state index in [0.29, 0.717) is 6.54 Å². The van der Waals surface area contributed by atoms with Crippen LogP contribution in [0.2, 0.25) is 0 Å². The van der Waals surface area contributed by atoms with E-state index in [1.807, 2.05) is 0 Å². The van der Waals surface area contributed by atoms with E-state index in [-0.39, 0.29) is 11.8 Å². The second kappa shape index (κ2) is 4.07. The van der Waals surface area contributed by atoms with E-state index in [1.165, 1.54) is 4.90 Å². The highest BCUT2D eigenvalue weighted by Gasteiger charge is 2.26. The normalized spacial score (nSPS) is 29.2. The molecule has 0 radical (unpaired) electrons. The molecule has 2 atom stereocenters. The summed E-state index contributed by atoms with van der Waals surface area (Å²) in [6.07, 6.45) is 1.90. The molecule has 4 nitrogen and oxygen atoms in total. The number of carbonyl (C=O) groups excluding carboxylic acids is 1. The Morgan fingerprint density at radius 2 is 2.50 bits per heavy atom. The standard InChI is InChI=1S/C8H13N3O/c9-3-5-11-4-1-2-7(6-11)8(10)12/h7H,1-2,4-6H2,(H2,10,12)/p+1. The van der Waals surface area contributed by atoms with Crippen LogP contribution in [-0.4, -0.2) is 25.5 Å². The maximum absolute atomic E-state index is 10.8. The van der Waals surface area contributed by atoms with Gasteiger partial charge in [0.1, 0.15) is 6.07 Å². The molecule has 1 amide bonds. The molecule has 1 saturated heterocycles. The summed E-state index contributed by atoms with van der Waals surface area (Å²) in [4.78, 5) is 12.0. The van der Waals surface area contributed by atoms with E-state index in [1.54, 1.807) is 0 Å². The zero-order valence-electron chi connectivity index (χ0n) is 7.05. The molecule has 1 aliphatic heterocycles. The number of nitrogens with two attached hydrogens (primary N) is 1. The fourth-order valence-electron chi connectivity index (χ4n) is 1.67. The summed E-state index contributed by atoms with van der Waals surface area (Å²) in [6.45, 7) is 2.23. The Morgan fingerprint density at radius 3 is 3.08 bits per heavy atom. The summed E-state index contributed by atoms with van der Waals surface area (Å²) in [5.41, 5.74) is 5.19. The van der Waals surface area contributed by atoms with Gasteiger partial charge in [0.15, 0.2) is 6.54 Å². The Bertz CT molecular complexity index is 209. The Labute approximate surface area is 71.9 Å². The van der Waals surface area contributed by atoms with Gasteiger partial charge in [-0.1, -0.05) is 0 Å². The molecule has 2 unspecified atom stereocenters. The summed E-state index contributed by atoms with van der Waals surface area (Å²) in [7, 11) is 0. The number of nitriles is 1. The van der Waals surface area contributed by atoms with Crippen LogP contribution in [0.5, 0.6) is 0 Å². The van der Waals surface area contributed by atoms with Crippen LogP contribution in [0.4, 0.5) is 0 Å². The fourth-order valence-corrected chi connectivity index (χ4v) is 1.67. The second-order valence-corrected chi connectivity index (χ2v) is 3.28. The first-order chi connectivity index (χ1) is 5.74. The van der Waals surface area contributed by atoms with Crippen LogP contribution >= 0.6 is 0 Å². The highest BCUT2D eigenvalue weighted by molar-refractivity contribution is 5.76. The van der Waals surface area contributed by atoms with Gasteiger partial charge < -0.3 is 10.6 Å². The number of carbonyl (C=O) groups is 1. The zero-order chi connectivity index (χ0) is 8.97.